The number of nitro groups is 1. The topological polar surface area (TPSA) is 105 Å². The number of hydrazone groups is 1. The number of hydrogen-bond acceptors (Lipinski definition) is 6. The van der Waals surface area contributed by atoms with Gasteiger partial charge in [0.05, 0.1) is 4.92 Å². The van der Waals surface area contributed by atoms with E-state index in [2.05, 4.69) is 9.84 Å². The van der Waals surface area contributed by atoms with Crippen LogP contribution in [0.1, 0.15) is 23.7 Å². The van der Waals surface area contributed by atoms with Gasteiger partial charge >= 0.3 is 12.5 Å². The van der Waals surface area contributed by atoms with Crippen molar-refractivity contribution in [3.63, 3.8) is 0 Å². The third-order valence-corrected chi connectivity index (χ3v) is 3.33. The van der Waals surface area contributed by atoms with Gasteiger partial charge < -0.3 is 5.11 Å². The van der Waals surface area contributed by atoms with Crippen molar-refractivity contribution in [2.45, 2.75) is 31.5 Å². The number of nitrogens with zero attached hydrogens (tertiary/aromatic N) is 3. The zero-order chi connectivity index (χ0) is 19.9. The van der Waals surface area contributed by atoms with Crippen LogP contribution in [0.2, 0.25) is 0 Å². The van der Waals surface area contributed by atoms with E-state index in [4.69, 9.17) is 0 Å². The molecule has 1 aromatic carbocycles. The number of alkyl halides is 5. The quantitative estimate of drug-likeness (QED) is 0.489. The van der Waals surface area contributed by atoms with Gasteiger partial charge in [-0.05, 0) is 13.0 Å². The SMILES string of the molecule is CC1=NN(C(=O)c2cccc([N+](=O)[O-])c2)[C@@](O)(C(F)(F)OC(F)(F)F)C1. The molecule has 1 aliphatic heterocycles. The van der Waals surface area contributed by atoms with Gasteiger partial charge in [-0.25, -0.2) is 4.74 Å². The van der Waals surface area contributed by atoms with Crippen LogP contribution in [0.4, 0.5) is 27.6 Å². The average Bonchev–Trinajstić information content (AvgIpc) is 2.81. The number of non-ortho nitro benzene ring substituents is 1. The first-order chi connectivity index (χ1) is 11.8. The Bertz CT molecular complexity index is 782. The Kier molecular flexibility index (Phi) is 4.72. The zero-order valence-electron chi connectivity index (χ0n) is 12.8. The van der Waals surface area contributed by atoms with E-state index in [0.717, 1.165) is 25.1 Å². The summed E-state index contributed by atoms with van der Waals surface area (Å²) in [4.78, 5) is 22.2. The Hall–Kier alpha value is -2.67. The summed E-state index contributed by atoms with van der Waals surface area (Å²) in [5.74, 6) is -1.47. The summed E-state index contributed by atoms with van der Waals surface area (Å²) >= 11 is 0. The van der Waals surface area contributed by atoms with E-state index in [0.29, 0.717) is 6.07 Å². The molecule has 0 saturated heterocycles. The van der Waals surface area contributed by atoms with Gasteiger partial charge in [0.1, 0.15) is 0 Å². The van der Waals surface area contributed by atoms with E-state index in [1.54, 1.807) is 0 Å². The number of carbonyl (C=O) groups excluding carboxylic acids is 1. The molecule has 1 aliphatic rings. The van der Waals surface area contributed by atoms with Crippen molar-refractivity contribution in [1.82, 2.24) is 5.01 Å². The summed E-state index contributed by atoms with van der Waals surface area (Å²) in [5.41, 5.74) is -5.16. The van der Waals surface area contributed by atoms with E-state index in [-0.39, 0.29) is 10.7 Å². The largest absolute Gasteiger partial charge is 0.527 e. The second-order valence-electron chi connectivity index (χ2n) is 5.32. The molecule has 0 fully saturated rings. The molecule has 8 nitrogen and oxygen atoms in total. The van der Waals surface area contributed by atoms with Crippen LogP contribution in [-0.4, -0.2) is 44.9 Å². The van der Waals surface area contributed by atoms with Crippen LogP contribution < -0.4 is 0 Å². The van der Waals surface area contributed by atoms with Crippen LogP contribution >= 0.6 is 0 Å². The molecule has 0 aromatic heterocycles. The lowest BCUT2D eigenvalue weighted by molar-refractivity contribution is -0.468. The molecule has 1 amide bonds. The summed E-state index contributed by atoms with van der Waals surface area (Å²) in [6.07, 6.45) is -12.2. The molecule has 1 N–H and O–H groups in total. The molecule has 0 radical (unpaired) electrons. The molecule has 13 heteroatoms. The van der Waals surface area contributed by atoms with Gasteiger partial charge in [0, 0.05) is 29.8 Å². The Morgan fingerprint density at radius 2 is 2.00 bits per heavy atom. The van der Waals surface area contributed by atoms with Crippen LogP contribution in [-0.2, 0) is 4.74 Å². The molecular weight excluding hydrogens is 373 g/mol. The standard InChI is InChI=1S/C13H10F5N3O5/c1-7-6-11(23,12(14,15)26-13(16,17)18)20(19-7)10(22)8-3-2-4-9(5-8)21(24)25/h2-5,23H,6H2,1H3/t11-/m0/s1. The predicted octanol–water partition coefficient (Wildman–Crippen LogP) is 2.63. The summed E-state index contributed by atoms with van der Waals surface area (Å²) < 4.78 is 67.3. The van der Waals surface area contributed by atoms with Crippen molar-refractivity contribution in [2.75, 3.05) is 0 Å². The van der Waals surface area contributed by atoms with Crippen molar-refractivity contribution in [1.29, 1.82) is 0 Å². The Morgan fingerprint density at radius 3 is 2.54 bits per heavy atom. The third-order valence-electron chi connectivity index (χ3n) is 3.33. The van der Waals surface area contributed by atoms with Crippen molar-refractivity contribution in [3.05, 3.63) is 39.9 Å². The fourth-order valence-corrected chi connectivity index (χ4v) is 2.26. The first-order valence-corrected chi connectivity index (χ1v) is 6.77. The third kappa shape index (κ3) is 3.62. The van der Waals surface area contributed by atoms with Gasteiger partial charge in [-0.2, -0.15) is 18.9 Å². The van der Waals surface area contributed by atoms with Crippen molar-refractivity contribution in [3.8, 4) is 0 Å². The summed E-state index contributed by atoms with van der Waals surface area (Å²) in [6, 6.07) is 3.75. The number of ether oxygens (including phenoxy) is 1. The number of carbonyl (C=O) groups is 1. The van der Waals surface area contributed by atoms with Gasteiger partial charge in [-0.15, -0.1) is 13.2 Å². The lowest BCUT2D eigenvalue weighted by Gasteiger charge is -2.36. The second kappa shape index (κ2) is 6.25. The minimum atomic E-state index is -5.81. The first kappa shape index (κ1) is 19.7. The highest BCUT2D eigenvalue weighted by Crippen LogP contribution is 2.43. The molecule has 142 valence electrons. The molecule has 26 heavy (non-hydrogen) atoms. The number of halogens is 5. The molecule has 0 aliphatic carbocycles. The first-order valence-electron chi connectivity index (χ1n) is 6.77. The van der Waals surface area contributed by atoms with E-state index < -0.39 is 46.7 Å². The Morgan fingerprint density at radius 1 is 1.38 bits per heavy atom. The number of rotatable bonds is 4. The van der Waals surface area contributed by atoms with Gasteiger partial charge in [-0.1, -0.05) is 6.07 Å². The molecule has 0 spiro atoms. The molecule has 0 bridgehead atoms. The monoisotopic (exact) mass is 383 g/mol. The number of nitro benzene ring substituents is 1. The predicted molar refractivity (Wildman–Crippen MR) is 74.0 cm³/mol. The highest BCUT2D eigenvalue weighted by molar-refractivity contribution is 5.98. The minimum absolute atomic E-state index is 0.271. The normalized spacial score (nSPS) is 20.9. The zero-order valence-corrected chi connectivity index (χ0v) is 12.8. The summed E-state index contributed by atoms with van der Waals surface area (Å²) in [5, 5.41) is 23.9. The number of benzene rings is 1. The van der Waals surface area contributed by atoms with Crippen LogP contribution in [0.3, 0.4) is 0 Å². The fourth-order valence-electron chi connectivity index (χ4n) is 2.26. The van der Waals surface area contributed by atoms with Gasteiger partial charge in [0.2, 0.25) is 0 Å². The number of amides is 1. The molecule has 1 heterocycles. The highest BCUT2D eigenvalue weighted by atomic mass is 19.4. The Balaban J connectivity index is 2.44. The van der Waals surface area contributed by atoms with Gasteiger partial charge in [0.15, 0.2) is 0 Å². The maximum absolute atomic E-state index is 13.9. The van der Waals surface area contributed by atoms with Crippen molar-refractivity contribution >= 4 is 17.3 Å². The molecule has 0 saturated carbocycles. The highest BCUT2D eigenvalue weighted by Gasteiger charge is 2.66. The van der Waals surface area contributed by atoms with E-state index in [1.165, 1.54) is 0 Å². The van der Waals surface area contributed by atoms with E-state index in [1.807, 2.05) is 0 Å². The maximum Gasteiger partial charge on any atom is 0.527 e. The summed E-state index contributed by atoms with van der Waals surface area (Å²) in [7, 11) is 0. The van der Waals surface area contributed by atoms with Crippen molar-refractivity contribution in [2.24, 2.45) is 5.10 Å². The summed E-state index contributed by atoms with van der Waals surface area (Å²) in [6.45, 7) is 1.09. The van der Waals surface area contributed by atoms with Crippen LogP contribution in [0.15, 0.2) is 29.4 Å². The van der Waals surface area contributed by atoms with Gasteiger partial charge in [0.25, 0.3) is 17.3 Å². The molecule has 0 unspecified atom stereocenters. The van der Waals surface area contributed by atoms with Gasteiger partial charge in [-0.3, -0.25) is 14.9 Å². The van der Waals surface area contributed by atoms with Crippen LogP contribution in [0.5, 0.6) is 0 Å². The molecular formula is C13H10F5N3O5. The molecule has 1 aromatic rings. The fraction of sp³-hybridized carbons (Fsp3) is 0.385. The van der Waals surface area contributed by atoms with Crippen LogP contribution in [0, 0.1) is 10.1 Å². The lowest BCUT2D eigenvalue weighted by atomic mass is 10.1. The molecule has 2 rings (SSSR count). The minimum Gasteiger partial charge on any atom is -0.362 e. The second-order valence-corrected chi connectivity index (χ2v) is 5.32. The lowest BCUT2D eigenvalue weighted by Crippen LogP contribution is -2.61. The maximum atomic E-state index is 13.9. The number of aliphatic hydroxyl groups is 1. The smallest absolute Gasteiger partial charge is 0.362 e. The molecule has 1 atom stereocenters. The van der Waals surface area contributed by atoms with E-state index >= 15 is 0 Å². The van der Waals surface area contributed by atoms with Crippen LogP contribution in [0.25, 0.3) is 0 Å². The van der Waals surface area contributed by atoms with Crippen molar-refractivity contribution < 1.29 is 41.5 Å². The Labute approximate surface area is 141 Å². The van der Waals surface area contributed by atoms with E-state index in [9.17, 15) is 42.0 Å². The number of hydrogen-bond donors (Lipinski definition) is 1. The average molecular weight is 383 g/mol.